The van der Waals surface area contributed by atoms with Gasteiger partial charge in [0.15, 0.2) is 5.69 Å². The molecule has 12 nitrogen and oxygen atoms in total. The number of rotatable bonds is 9. The summed E-state index contributed by atoms with van der Waals surface area (Å²) in [6.07, 6.45) is 3.70. The molecule has 1 fully saturated rings. The van der Waals surface area contributed by atoms with Crippen LogP contribution < -0.4 is 15.9 Å². The monoisotopic (exact) mass is 555 g/mol. The van der Waals surface area contributed by atoms with E-state index in [-0.39, 0.29) is 17.3 Å². The molecule has 1 amide bonds. The van der Waals surface area contributed by atoms with Crippen LogP contribution in [0.4, 0.5) is 5.82 Å². The van der Waals surface area contributed by atoms with Gasteiger partial charge < -0.3 is 10.5 Å². The Morgan fingerprint density at radius 3 is 2.66 bits per heavy atom. The van der Waals surface area contributed by atoms with Crippen LogP contribution in [0.25, 0.3) is 5.82 Å². The highest BCUT2D eigenvalue weighted by atomic mass is 35.5. The van der Waals surface area contributed by atoms with Gasteiger partial charge in [0.1, 0.15) is 18.1 Å². The van der Waals surface area contributed by atoms with Crippen molar-refractivity contribution in [2.24, 2.45) is 5.10 Å². The topological polar surface area (TPSA) is 150 Å². The largest absolute Gasteiger partial charge is 0.489 e. The maximum absolute atomic E-state index is 13.1. The van der Waals surface area contributed by atoms with Gasteiger partial charge in [0.25, 0.3) is 5.91 Å². The van der Waals surface area contributed by atoms with Gasteiger partial charge in [-0.25, -0.2) is 10.1 Å². The number of hydrogen-bond acceptors (Lipinski definition) is 10. The Hall–Kier alpha value is -4.00. The highest BCUT2D eigenvalue weighted by molar-refractivity contribution is 6.35. The Morgan fingerprint density at radius 2 is 1.95 bits per heavy atom. The van der Waals surface area contributed by atoms with Gasteiger partial charge in [-0.2, -0.15) is 9.78 Å². The van der Waals surface area contributed by atoms with Gasteiger partial charge in [-0.05, 0) is 78.2 Å². The molecular weight excluding hydrogens is 533 g/mol. The van der Waals surface area contributed by atoms with Crippen LogP contribution in [0, 0.1) is 0 Å². The van der Waals surface area contributed by atoms with E-state index in [4.69, 9.17) is 33.7 Å². The van der Waals surface area contributed by atoms with Gasteiger partial charge in [-0.15, -0.1) is 5.10 Å². The first-order chi connectivity index (χ1) is 18.5. The number of benzene rings is 2. The summed E-state index contributed by atoms with van der Waals surface area (Å²) in [6, 6.07) is 12.4. The number of ether oxygens (including phenoxy) is 1. The SMILES string of the molecule is Nc1nonc1-n1nnc(CN2CCCC2)c1C(=O)N/N=C/c1ccc(OCc2ccc(Cl)cc2Cl)cc1. The highest BCUT2D eigenvalue weighted by Crippen LogP contribution is 2.23. The van der Waals surface area contributed by atoms with Crippen LogP contribution in [-0.2, 0) is 13.2 Å². The molecule has 0 unspecified atom stereocenters. The summed E-state index contributed by atoms with van der Waals surface area (Å²) in [5, 5.41) is 20.8. The summed E-state index contributed by atoms with van der Waals surface area (Å²) in [5.41, 5.74) is 10.5. The third-order valence-electron chi connectivity index (χ3n) is 5.89. The highest BCUT2D eigenvalue weighted by Gasteiger charge is 2.26. The molecule has 0 spiro atoms. The molecule has 38 heavy (non-hydrogen) atoms. The van der Waals surface area contributed by atoms with E-state index >= 15 is 0 Å². The minimum Gasteiger partial charge on any atom is -0.489 e. The fourth-order valence-corrected chi connectivity index (χ4v) is 4.42. The maximum Gasteiger partial charge on any atom is 0.292 e. The van der Waals surface area contributed by atoms with Crippen molar-refractivity contribution in [1.29, 1.82) is 0 Å². The average Bonchev–Trinajstić information content (AvgIpc) is 3.66. The predicted molar refractivity (Wildman–Crippen MR) is 140 cm³/mol. The molecule has 0 atom stereocenters. The lowest BCUT2D eigenvalue weighted by molar-refractivity contribution is 0.0945. The minimum atomic E-state index is -0.525. The molecule has 1 saturated heterocycles. The molecule has 0 bridgehead atoms. The zero-order chi connectivity index (χ0) is 26.5. The van der Waals surface area contributed by atoms with Crippen molar-refractivity contribution in [3.05, 3.63) is 75.0 Å². The molecule has 3 N–H and O–H groups in total. The van der Waals surface area contributed by atoms with E-state index in [1.807, 2.05) is 6.07 Å². The van der Waals surface area contributed by atoms with Crippen molar-refractivity contribution in [2.75, 3.05) is 18.8 Å². The fourth-order valence-electron chi connectivity index (χ4n) is 3.95. The second-order valence-electron chi connectivity index (χ2n) is 8.55. The Balaban J connectivity index is 1.24. The van der Waals surface area contributed by atoms with Crippen LogP contribution in [0.1, 0.15) is 40.2 Å². The summed E-state index contributed by atoms with van der Waals surface area (Å²) in [6.45, 7) is 2.60. The molecule has 196 valence electrons. The van der Waals surface area contributed by atoms with Gasteiger partial charge in [-0.1, -0.05) is 34.5 Å². The fraction of sp³-hybridized carbons (Fsp3) is 0.250. The lowest BCUT2D eigenvalue weighted by Crippen LogP contribution is -2.26. The number of carbonyl (C=O) groups is 1. The van der Waals surface area contributed by atoms with E-state index in [0.717, 1.165) is 37.1 Å². The number of aromatic nitrogens is 5. The van der Waals surface area contributed by atoms with Crippen molar-refractivity contribution in [2.45, 2.75) is 26.0 Å². The summed E-state index contributed by atoms with van der Waals surface area (Å²) in [5.74, 6) is 0.191. The molecular formula is C24H23Cl2N9O3. The Kier molecular flexibility index (Phi) is 7.82. The van der Waals surface area contributed by atoms with Gasteiger partial charge >= 0.3 is 0 Å². The second kappa shape index (κ2) is 11.6. The lowest BCUT2D eigenvalue weighted by Gasteiger charge is -2.13. The number of anilines is 1. The van der Waals surface area contributed by atoms with E-state index in [1.54, 1.807) is 36.4 Å². The van der Waals surface area contributed by atoms with Crippen molar-refractivity contribution >= 4 is 41.1 Å². The normalized spacial score (nSPS) is 13.8. The molecule has 0 saturated carbocycles. The lowest BCUT2D eigenvalue weighted by atomic mass is 10.2. The number of hydrogen-bond donors (Lipinski definition) is 2. The van der Waals surface area contributed by atoms with Crippen LogP contribution in [0.15, 0.2) is 52.2 Å². The number of nitrogens with zero attached hydrogens (tertiary/aromatic N) is 7. The number of nitrogen functional groups attached to an aromatic ring is 1. The summed E-state index contributed by atoms with van der Waals surface area (Å²) in [7, 11) is 0. The molecule has 0 radical (unpaired) electrons. The molecule has 2 aromatic carbocycles. The molecule has 2 aromatic heterocycles. The number of carbonyl (C=O) groups excluding carboxylic acids is 1. The number of nitrogens with two attached hydrogens (primary N) is 1. The van der Waals surface area contributed by atoms with Crippen molar-refractivity contribution in [3.8, 4) is 11.6 Å². The first-order valence-corrected chi connectivity index (χ1v) is 12.5. The van der Waals surface area contributed by atoms with Gasteiger partial charge in [-0.3, -0.25) is 9.69 Å². The number of amides is 1. The smallest absolute Gasteiger partial charge is 0.292 e. The molecule has 5 rings (SSSR count). The van der Waals surface area contributed by atoms with Gasteiger partial charge in [0, 0.05) is 22.2 Å². The van der Waals surface area contributed by atoms with E-state index in [9.17, 15) is 4.79 Å². The van der Waals surface area contributed by atoms with Crippen LogP contribution in [0.3, 0.4) is 0 Å². The zero-order valence-corrected chi connectivity index (χ0v) is 21.6. The summed E-state index contributed by atoms with van der Waals surface area (Å²) in [4.78, 5) is 15.3. The van der Waals surface area contributed by atoms with Crippen LogP contribution in [0.2, 0.25) is 10.0 Å². The van der Waals surface area contributed by atoms with Crippen molar-refractivity contribution < 1.29 is 14.2 Å². The summed E-state index contributed by atoms with van der Waals surface area (Å²) >= 11 is 12.1. The number of nitrogens with one attached hydrogen (secondary N) is 1. The van der Waals surface area contributed by atoms with E-state index < -0.39 is 5.91 Å². The van der Waals surface area contributed by atoms with Crippen LogP contribution >= 0.6 is 23.2 Å². The molecule has 0 aliphatic carbocycles. The number of hydrazone groups is 1. The molecule has 14 heteroatoms. The molecule has 1 aliphatic heterocycles. The quantitative estimate of drug-likeness (QED) is 0.233. The van der Waals surface area contributed by atoms with Crippen LogP contribution in [0.5, 0.6) is 5.75 Å². The van der Waals surface area contributed by atoms with Crippen LogP contribution in [-0.4, -0.2) is 55.4 Å². The minimum absolute atomic E-state index is 0.0131. The standard InChI is InChI=1S/C24H23Cl2N9O3/c25-17-6-5-16(19(26)11-17)14-37-18-7-3-15(4-8-18)12-28-30-24(36)21-20(13-34-9-1-2-10-34)29-33-35(21)23-22(27)31-38-32-23/h3-8,11-12H,1-2,9-10,13-14H2,(H2,27,31)(H,30,36)/b28-12+. The van der Waals surface area contributed by atoms with Crippen molar-refractivity contribution in [3.63, 3.8) is 0 Å². The molecule has 3 heterocycles. The molecule has 1 aliphatic rings. The molecule has 4 aromatic rings. The van der Waals surface area contributed by atoms with E-state index in [1.165, 1.54) is 10.9 Å². The zero-order valence-electron chi connectivity index (χ0n) is 20.0. The Bertz CT molecular complexity index is 1450. The van der Waals surface area contributed by atoms with Crippen molar-refractivity contribution in [1.82, 2.24) is 35.6 Å². The first kappa shape index (κ1) is 25.6. The van der Waals surface area contributed by atoms with Gasteiger partial charge in [0.05, 0.1) is 6.21 Å². The third kappa shape index (κ3) is 5.93. The second-order valence-corrected chi connectivity index (χ2v) is 9.39. The maximum atomic E-state index is 13.1. The van der Waals surface area contributed by atoms with E-state index in [2.05, 4.69) is 40.7 Å². The third-order valence-corrected chi connectivity index (χ3v) is 6.48. The summed E-state index contributed by atoms with van der Waals surface area (Å²) < 4.78 is 11.7. The average molecular weight is 556 g/mol. The predicted octanol–water partition coefficient (Wildman–Crippen LogP) is 3.48. The number of halogens is 2. The van der Waals surface area contributed by atoms with Gasteiger partial charge in [0.2, 0.25) is 11.6 Å². The Labute approximate surface area is 227 Å². The van der Waals surface area contributed by atoms with E-state index in [0.29, 0.717) is 34.6 Å². The number of likely N-dealkylation sites (tertiary alicyclic amines) is 1. The first-order valence-electron chi connectivity index (χ1n) is 11.7. The Morgan fingerprint density at radius 1 is 1.16 bits per heavy atom.